The van der Waals surface area contributed by atoms with E-state index < -0.39 is 193 Å². The summed E-state index contributed by atoms with van der Waals surface area (Å²) in [6.07, 6.45) is 6.05. The molecule has 2 aromatic rings. The predicted octanol–water partition coefficient (Wildman–Crippen LogP) is 9.57. The average Bonchev–Trinajstić information content (AvgIpc) is 1.60. The van der Waals surface area contributed by atoms with E-state index in [1.165, 1.54) is 19.3 Å². The fourth-order valence-electron chi connectivity index (χ4n) is 26.8. The molecule has 3 heterocycles. The molecule has 2 spiro atoms. The van der Waals surface area contributed by atoms with E-state index in [1.807, 2.05) is 36.4 Å². The van der Waals surface area contributed by atoms with Crippen LogP contribution in [-0.2, 0) is 113 Å². The molecule has 0 radical (unpaired) electrons. The number of carbonyl (C=O) groups is 5. The van der Waals surface area contributed by atoms with E-state index in [0.29, 0.717) is 93.1 Å². The molecule has 27 nitrogen and oxygen atoms in total. The van der Waals surface area contributed by atoms with Crippen LogP contribution in [0.25, 0.3) is 11.1 Å². The summed E-state index contributed by atoms with van der Waals surface area (Å²) in [4.78, 5) is 63.4. The smallest absolute Gasteiger partial charge is 0.407 e. The molecule has 0 amide bonds. The first-order valence-electron chi connectivity index (χ1n) is 40.1. The number of fused-ring (bicyclic) bond motifs is 11. The van der Waals surface area contributed by atoms with Crippen LogP contribution in [0.15, 0.2) is 48.5 Å². The van der Waals surface area contributed by atoms with Crippen LogP contribution in [0.2, 0.25) is 0 Å². The molecule has 18 saturated carbocycles. The number of cyclic esters (lactones) is 1. The second-order valence-corrected chi connectivity index (χ2v) is 43.9. The van der Waals surface area contributed by atoms with E-state index in [2.05, 4.69) is 9.47 Å². The Hall–Kier alpha value is -5.54. The topological polar surface area (TPSA) is 417 Å². The maximum absolute atomic E-state index is 14.7. The molecular formula is C77H85F11O27S4-4. The molecule has 42 heteroatoms. The fourth-order valence-corrected chi connectivity index (χ4v) is 28.3. The van der Waals surface area contributed by atoms with E-state index in [-0.39, 0.29) is 104 Å². The minimum atomic E-state index is -6.54. The third-order valence-electron chi connectivity index (χ3n) is 30.2. The van der Waals surface area contributed by atoms with Crippen LogP contribution < -0.4 is 0 Å². The van der Waals surface area contributed by atoms with Crippen molar-refractivity contribution in [1.29, 1.82) is 0 Å². The SMILES string of the molecule is O=C(OCC(C(F)(F)F)S(=O)(=O)[O-])C12CC3CC(C1)C(OC(=O)C14CC5CC(CC(C5)C1)C4)C(C3)C2.O=C(OCC(F)(F)S(=O)(=O)[O-])C12CC3CC(CC(O)(C3)C1)C2.O=C1OCC2OC3(OC12)C1CC2CC3CC(C(=O)OCC(F)(F)S(=O)(=O)[O-])(C2)C1.O=S(=O)([O-])C(F)(F)C(F)(F)C1CC2CC1C1OC3(OC21)c1ccccc1-c1ccccc13. The Kier molecular flexibility index (Phi) is 20.3. The van der Waals surface area contributed by atoms with Crippen molar-refractivity contribution >= 4 is 70.3 Å². The standard InChI is InChI=1S/C25H33F3O7S.C22H18F4O5S.C17H20F2O9S.C13H18F2O6S/c26-25(27,28)19(36(31,32)33)12-34-21(29)24-9-16-4-17(10-24)20(18(5-16)11-24)35-22(30)23-6-13-1-14(7-23)3-15(2-13)8-23;23-21(24,22(25,26)32(27,28)29)17-10-11-9-14(17)19-18(11)30-20(31-19)15-7-3-1-5-12(15)13-6-2-4-8-16(13)20;18-16(19,29(22,23)24)7-26-14(21)15-3-8-1-9(4-15)17(10(2-8)5-15)27-11-6-25-13(20)12(11)28-17;14-13(15,22(18,19)20)7-21-10(16)11-2-8-1-9(3-11)5-12(17,4-8)6-11/h13-20H,1-12H2,(H,31,32,33);1-8,11,14,17-19H,9-10H2,(H,27,28,29);8-12H,1-7H2,(H,22,23,24);8-9,17H,1-7H2,(H,18,19,20)/p-4. The lowest BCUT2D eigenvalue weighted by Crippen LogP contribution is -2.64. The second kappa shape index (κ2) is 28.2. The molecule has 22 aliphatic rings. The first-order chi connectivity index (χ1) is 55.2. The zero-order valence-electron chi connectivity index (χ0n) is 63.3. The van der Waals surface area contributed by atoms with Crippen LogP contribution >= 0.6 is 0 Å². The van der Waals surface area contributed by atoms with E-state index in [9.17, 15) is 129 Å². The molecule has 24 rings (SSSR count). The van der Waals surface area contributed by atoms with Crippen LogP contribution in [0.5, 0.6) is 0 Å². The molecule has 21 fully saturated rings. The van der Waals surface area contributed by atoms with Gasteiger partial charge in [-0.15, -0.1) is 0 Å². The van der Waals surface area contributed by atoms with Crippen molar-refractivity contribution in [3.05, 3.63) is 59.7 Å². The average molecular weight is 1780 g/mol. The highest BCUT2D eigenvalue weighted by molar-refractivity contribution is 7.87. The molecule has 19 aliphatic carbocycles. The van der Waals surface area contributed by atoms with Crippen LogP contribution in [0.3, 0.4) is 0 Å². The number of esters is 5. The molecule has 18 bridgehead atoms. The van der Waals surface area contributed by atoms with Gasteiger partial charge < -0.3 is 65.9 Å². The molecule has 0 aromatic heterocycles. The van der Waals surface area contributed by atoms with Gasteiger partial charge in [0, 0.05) is 28.9 Å². The Morgan fingerprint density at radius 3 is 1.41 bits per heavy atom. The van der Waals surface area contributed by atoms with Crippen molar-refractivity contribution in [1.82, 2.24) is 0 Å². The van der Waals surface area contributed by atoms with Crippen molar-refractivity contribution in [2.24, 2.45) is 105 Å². The Morgan fingerprint density at radius 1 is 0.487 bits per heavy atom. The minimum Gasteiger partial charge on any atom is -0.747 e. The summed E-state index contributed by atoms with van der Waals surface area (Å²) in [7, 11) is -24.1. The van der Waals surface area contributed by atoms with Gasteiger partial charge in [-0.05, 0) is 230 Å². The maximum Gasteiger partial charge on any atom is 0.407 e. The van der Waals surface area contributed by atoms with Crippen molar-refractivity contribution in [2.45, 2.75) is 235 Å². The van der Waals surface area contributed by atoms with Gasteiger partial charge in [-0.1, -0.05) is 48.5 Å². The molecular weight excluding hydrogens is 1690 g/mol. The second-order valence-electron chi connectivity index (χ2n) is 37.9. The van der Waals surface area contributed by atoms with E-state index in [0.717, 1.165) is 49.7 Å². The van der Waals surface area contributed by atoms with Crippen molar-refractivity contribution in [3.63, 3.8) is 0 Å². The summed E-state index contributed by atoms with van der Waals surface area (Å²) < 4.78 is 329. The summed E-state index contributed by atoms with van der Waals surface area (Å²) in [6, 6.07) is 14.8. The Morgan fingerprint density at radius 2 is 0.933 bits per heavy atom. The molecule has 3 aliphatic heterocycles. The number of aliphatic hydroxyl groups is 1. The van der Waals surface area contributed by atoms with Gasteiger partial charge in [0.05, 0.1) is 39.5 Å². The van der Waals surface area contributed by atoms with Crippen LogP contribution in [0.4, 0.5) is 48.3 Å². The number of hydrogen-bond donors (Lipinski definition) is 1. The normalized spacial score (nSPS) is 41.0. The number of halogens is 11. The largest absolute Gasteiger partial charge is 0.747 e. The third-order valence-corrected chi connectivity index (χ3v) is 33.9. The summed E-state index contributed by atoms with van der Waals surface area (Å²) >= 11 is 0. The first-order valence-corrected chi connectivity index (χ1v) is 45.8. The Labute approximate surface area is 675 Å². The lowest BCUT2D eigenvalue weighted by molar-refractivity contribution is -0.314. The van der Waals surface area contributed by atoms with Gasteiger partial charge in [0.25, 0.3) is 0 Å². The zero-order valence-corrected chi connectivity index (χ0v) is 66.6. The summed E-state index contributed by atoms with van der Waals surface area (Å²) in [6.45, 7) is -4.98. The van der Waals surface area contributed by atoms with Crippen molar-refractivity contribution in [3.8, 4) is 11.1 Å². The Balaban J connectivity index is 0.000000115. The molecule has 660 valence electrons. The van der Waals surface area contributed by atoms with Gasteiger partial charge in [-0.2, -0.15) is 48.3 Å². The summed E-state index contributed by atoms with van der Waals surface area (Å²) in [5.41, 5.74) is -1.24. The van der Waals surface area contributed by atoms with Crippen LogP contribution in [0, 0.1) is 105 Å². The van der Waals surface area contributed by atoms with E-state index >= 15 is 0 Å². The van der Waals surface area contributed by atoms with Gasteiger partial charge >= 0.3 is 57.7 Å². The molecule has 14 atom stereocenters. The lowest BCUT2D eigenvalue weighted by atomic mass is 9.47. The summed E-state index contributed by atoms with van der Waals surface area (Å²) in [5, 5.41) is -7.82. The first kappa shape index (κ1) is 85.6. The monoisotopic (exact) mass is 1780 g/mol. The van der Waals surface area contributed by atoms with Crippen LogP contribution in [0.1, 0.15) is 165 Å². The van der Waals surface area contributed by atoms with Gasteiger partial charge in [-0.25, -0.2) is 38.5 Å². The molecule has 3 saturated heterocycles. The minimum absolute atomic E-state index is 0.0664. The molecule has 14 unspecified atom stereocenters. The number of carbonyl (C=O) groups excluding carboxylic acids is 5. The number of alkyl halides is 11. The Bertz CT molecular complexity index is 4820. The van der Waals surface area contributed by atoms with Gasteiger partial charge in [0.1, 0.15) is 35.5 Å². The third kappa shape index (κ3) is 14.1. The van der Waals surface area contributed by atoms with Crippen molar-refractivity contribution < 1.29 is 172 Å². The highest BCUT2D eigenvalue weighted by Gasteiger charge is 2.76. The zero-order chi connectivity index (χ0) is 85.6. The van der Waals surface area contributed by atoms with Gasteiger partial charge in [0.15, 0.2) is 60.7 Å². The van der Waals surface area contributed by atoms with E-state index in [1.54, 1.807) is 12.1 Å². The van der Waals surface area contributed by atoms with E-state index in [4.69, 9.17) is 33.2 Å². The molecule has 2 aromatic carbocycles. The number of ether oxygens (including phenoxy) is 9. The number of benzene rings is 2. The predicted molar refractivity (Wildman–Crippen MR) is 371 cm³/mol. The lowest BCUT2D eigenvalue weighted by Gasteiger charge is -2.61. The van der Waals surface area contributed by atoms with Crippen LogP contribution in [-0.4, -0.2) is 188 Å². The number of hydrogen-bond acceptors (Lipinski definition) is 27. The summed E-state index contributed by atoms with van der Waals surface area (Å²) in [5.74, 6) is -12.3. The van der Waals surface area contributed by atoms with Gasteiger partial charge in [0.2, 0.25) is 5.79 Å². The quantitative estimate of drug-likeness (QED) is 0.0666. The van der Waals surface area contributed by atoms with Crippen molar-refractivity contribution in [2.75, 3.05) is 26.4 Å². The molecule has 1 N–H and O–H groups in total. The fraction of sp³-hybridized carbons (Fsp3) is 0.779. The van der Waals surface area contributed by atoms with Gasteiger partial charge in [-0.3, -0.25) is 19.2 Å². The highest BCUT2D eigenvalue weighted by atomic mass is 32.2. The molecule has 119 heavy (non-hydrogen) atoms. The maximum atomic E-state index is 14.7. The number of rotatable bonds is 17. The highest BCUT2D eigenvalue weighted by Crippen LogP contribution is 2.71.